The summed E-state index contributed by atoms with van der Waals surface area (Å²) in [6.07, 6.45) is 2.48. The molecule has 2 aliphatic rings. The van der Waals surface area contributed by atoms with Crippen molar-refractivity contribution in [3.05, 3.63) is 57.9 Å². The molecular formula is C24H26N2O5S. The number of amides is 2. The number of hydrogen-bond donors (Lipinski definition) is 1. The minimum absolute atomic E-state index is 0.0551. The molecule has 4 rings (SSSR count). The number of hydrogen-bond acceptors (Lipinski definition) is 7. The Labute approximate surface area is 190 Å². The molecule has 7 nitrogen and oxygen atoms in total. The van der Waals surface area contributed by atoms with Gasteiger partial charge in [0.25, 0.3) is 11.8 Å². The van der Waals surface area contributed by atoms with Crippen LogP contribution in [-0.4, -0.2) is 54.1 Å². The lowest BCUT2D eigenvalue weighted by Gasteiger charge is -2.34. The number of benzene rings is 1. The molecule has 0 radical (unpaired) electrons. The van der Waals surface area contributed by atoms with E-state index < -0.39 is 5.97 Å². The molecule has 1 N–H and O–H groups in total. The lowest BCUT2D eigenvalue weighted by Crippen LogP contribution is -2.40. The van der Waals surface area contributed by atoms with Gasteiger partial charge in [0.15, 0.2) is 0 Å². The summed E-state index contributed by atoms with van der Waals surface area (Å²) < 4.78 is 5.15. The first kappa shape index (κ1) is 22.2. The van der Waals surface area contributed by atoms with Crippen LogP contribution in [0.4, 0.5) is 5.69 Å². The predicted octanol–water partition coefficient (Wildman–Crippen LogP) is 3.30. The molecule has 1 atom stereocenters. The van der Waals surface area contributed by atoms with E-state index in [-0.39, 0.29) is 24.3 Å². The topological polar surface area (TPSA) is 87.2 Å². The van der Waals surface area contributed by atoms with Gasteiger partial charge in [-0.05, 0) is 60.9 Å². The third-order valence-electron chi connectivity index (χ3n) is 5.72. The number of esters is 1. The summed E-state index contributed by atoms with van der Waals surface area (Å²) in [7, 11) is 0. The molecule has 0 aliphatic carbocycles. The van der Waals surface area contributed by atoms with E-state index in [1.165, 1.54) is 16.2 Å². The van der Waals surface area contributed by atoms with Crippen LogP contribution < -0.4 is 4.90 Å². The van der Waals surface area contributed by atoms with Gasteiger partial charge in [-0.25, -0.2) is 9.69 Å². The fraction of sp³-hybridized carbons (Fsp3) is 0.375. The lowest BCUT2D eigenvalue weighted by molar-refractivity contribution is -0.120. The van der Waals surface area contributed by atoms with Crippen molar-refractivity contribution in [2.24, 2.45) is 5.92 Å². The van der Waals surface area contributed by atoms with Crippen molar-refractivity contribution in [3.8, 4) is 0 Å². The van der Waals surface area contributed by atoms with Gasteiger partial charge in [-0.3, -0.25) is 9.59 Å². The van der Waals surface area contributed by atoms with Gasteiger partial charge in [-0.15, -0.1) is 11.3 Å². The summed E-state index contributed by atoms with van der Waals surface area (Å²) in [6, 6.07) is 10.0. The summed E-state index contributed by atoms with van der Waals surface area (Å²) in [6.45, 7) is 3.51. The first-order chi connectivity index (χ1) is 15.5. The monoisotopic (exact) mass is 454 g/mol. The van der Waals surface area contributed by atoms with Crippen LogP contribution >= 0.6 is 11.3 Å². The SMILES string of the molecule is CCCOC(=O)c1ccc(N2C(=O)C(c3cccs3)=C(N3CCCC(CO)C3)C2=O)cc1. The summed E-state index contributed by atoms with van der Waals surface area (Å²) in [4.78, 5) is 42.9. The predicted molar refractivity (Wildman–Crippen MR) is 122 cm³/mol. The molecule has 1 aromatic heterocycles. The van der Waals surface area contributed by atoms with Crippen LogP contribution in [-0.2, 0) is 14.3 Å². The Morgan fingerprint density at radius 2 is 1.97 bits per heavy atom. The minimum atomic E-state index is -0.432. The van der Waals surface area contributed by atoms with Crippen LogP contribution in [0.2, 0.25) is 0 Å². The van der Waals surface area contributed by atoms with Crippen LogP contribution in [0.15, 0.2) is 47.5 Å². The molecule has 32 heavy (non-hydrogen) atoms. The number of likely N-dealkylation sites (tertiary alicyclic amines) is 1. The fourth-order valence-corrected chi connectivity index (χ4v) is 4.89. The zero-order chi connectivity index (χ0) is 22.7. The molecule has 2 aromatic rings. The zero-order valence-corrected chi connectivity index (χ0v) is 18.8. The highest BCUT2D eigenvalue weighted by Gasteiger charge is 2.43. The van der Waals surface area contributed by atoms with E-state index in [2.05, 4.69) is 0 Å². The van der Waals surface area contributed by atoms with Gasteiger partial charge in [0.1, 0.15) is 5.70 Å². The molecular weight excluding hydrogens is 428 g/mol. The highest BCUT2D eigenvalue weighted by Crippen LogP contribution is 2.38. The number of ether oxygens (including phenoxy) is 1. The fourth-order valence-electron chi connectivity index (χ4n) is 4.13. The Hall–Kier alpha value is -2.97. The van der Waals surface area contributed by atoms with Crippen molar-refractivity contribution in [3.63, 3.8) is 0 Å². The maximum atomic E-state index is 13.5. The summed E-state index contributed by atoms with van der Waals surface area (Å²) in [5.41, 5.74) is 1.57. The van der Waals surface area contributed by atoms with Crippen LogP contribution in [0.3, 0.4) is 0 Å². The minimum Gasteiger partial charge on any atom is -0.462 e. The number of anilines is 1. The van der Waals surface area contributed by atoms with Gasteiger partial charge in [0.05, 0.1) is 23.4 Å². The van der Waals surface area contributed by atoms with Crippen molar-refractivity contribution < 1.29 is 24.2 Å². The van der Waals surface area contributed by atoms with E-state index >= 15 is 0 Å². The van der Waals surface area contributed by atoms with Gasteiger partial charge < -0.3 is 14.7 Å². The standard InChI is InChI=1S/C24H26N2O5S/c1-2-12-31-24(30)17-7-9-18(10-8-17)26-22(28)20(19-6-4-13-32-19)21(23(26)29)25-11-3-5-16(14-25)15-27/h4,6-10,13,16,27H,2-3,5,11-12,14-15H2,1H3. The second kappa shape index (κ2) is 9.67. The second-order valence-electron chi connectivity index (χ2n) is 7.97. The van der Waals surface area contributed by atoms with Crippen molar-refractivity contribution in [2.45, 2.75) is 26.2 Å². The van der Waals surface area contributed by atoms with E-state index in [4.69, 9.17) is 4.74 Å². The van der Waals surface area contributed by atoms with Crippen LogP contribution in [0, 0.1) is 5.92 Å². The van der Waals surface area contributed by atoms with Gasteiger partial charge >= 0.3 is 5.97 Å². The summed E-state index contributed by atoms with van der Waals surface area (Å²) in [5.74, 6) is -1.11. The van der Waals surface area contributed by atoms with E-state index in [1.807, 2.05) is 29.3 Å². The molecule has 0 spiro atoms. The number of imide groups is 1. The molecule has 2 amide bonds. The Morgan fingerprint density at radius 1 is 1.19 bits per heavy atom. The Balaban J connectivity index is 1.66. The number of rotatable bonds is 7. The number of piperidine rings is 1. The Morgan fingerprint density at radius 3 is 2.62 bits per heavy atom. The number of thiophene rings is 1. The number of nitrogens with zero attached hydrogens (tertiary/aromatic N) is 2. The van der Waals surface area contributed by atoms with Crippen LogP contribution in [0.1, 0.15) is 41.4 Å². The molecule has 1 saturated heterocycles. The average Bonchev–Trinajstić information content (AvgIpc) is 3.43. The number of carbonyl (C=O) groups is 3. The zero-order valence-electron chi connectivity index (χ0n) is 18.0. The maximum absolute atomic E-state index is 13.5. The summed E-state index contributed by atoms with van der Waals surface area (Å²) in [5, 5.41) is 11.5. The van der Waals surface area contributed by atoms with Gasteiger partial charge in [0, 0.05) is 24.6 Å². The molecule has 0 bridgehead atoms. The third kappa shape index (κ3) is 4.20. The molecule has 0 saturated carbocycles. The quantitative estimate of drug-likeness (QED) is 0.510. The van der Waals surface area contributed by atoms with E-state index in [1.54, 1.807) is 24.3 Å². The Kier molecular flexibility index (Phi) is 6.72. The maximum Gasteiger partial charge on any atom is 0.338 e. The lowest BCUT2D eigenvalue weighted by atomic mass is 9.98. The number of carbonyl (C=O) groups excluding carboxylic acids is 3. The molecule has 168 valence electrons. The van der Waals surface area contributed by atoms with E-state index in [9.17, 15) is 19.5 Å². The molecule has 1 fully saturated rings. The van der Waals surface area contributed by atoms with E-state index in [0.29, 0.717) is 42.2 Å². The highest BCUT2D eigenvalue weighted by atomic mass is 32.1. The highest BCUT2D eigenvalue weighted by molar-refractivity contribution is 7.11. The third-order valence-corrected chi connectivity index (χ3v) is 6.61. The van der Waals surface area contributed by atoms with Crippen molar-refractivity contribution in [2.75, 3.05) is 31.2 Å². The molecule has 1 unspecified atom stereocenters. The van der Waals surface area contributed by atoms with Crippen molar-refractivity contribution in [1.82, 2.24) is 4.90 Å². The second-order valence-corrected chi connectivity index (χ2v) is 8.91. The first-order valence-corrected chi connectivity index (χ1v) is 11.7. The van der Waals surface area contributed by atoms with Crippen LogP contribution in [0.5, 0.6) is 0 Å². The largest absolute Gasteiger partial charge is 0.462 e. The molecule has 1 aromatic carbocycles. The van der Waals surface area contributed by atoms with E-state index in [0.717, 1.165) is 24.1 Å². The number of aliphatic hydroxyl groups excluding tert-OH is 1. The molecule has 3 heterocycles. The Bertz CT molecular complexity index is 1030. The average molecular weight is 455 g/mol. The smallest absolute Gasteiger partial charge is 0.338 e. The van der Waals surface area contributed by atoms with Crippen molar-refractivity contribution >= 4 is 40.4 Å². The van der Waals surface area contributed by atoms with Crippen LogP contribution in [0.25, 0.3) is 5.57 Å². The van der Waals surface area contributed by atoms with Gasteiger partial charge in [-0.2, -0.15) is 0 Å². The van der Waals surface area contributed by atoms with Gasteiger partial charge in [0.2, 0.25) is 0 Å². The first-order valence-electron chi connectivity index (χ1n) is 10.8. The molecule has 8 heteroatoms. The summed E-state index contributed by atoms with van der Waals surface area (Å²) >= 11 is 1.42. The number of aliphatic hydroxyl groups is 1. The normalized spacial score (nSPS) is 19.1. The molecule has 2 aliphatic heterocycles. The van der Waals surface area contributed by atoms with Gasteiger partial charge in [-0.1, -0.05) is 13.0 Å². The van der Waals surface area contributed by atoms with Crippen molar-refractivity contribution in [1.29, 1.82) is 0 Å².